The molecule has 0 radical (unpaired) electrons. The van der Waals surface area contributed by atoms with Crippen LogP contribution in [0, 0.1) is 0 Å². The molecule has 0 aliphatic carbocycles. The van der Waals surface area contributed by atoms with Crippen molar-refractivity contribution in [3.05, 3.63) is 35.9 Å². The monoisotopic (exact) mass is 221 g/mol. The molecule has 88 valence electrons. The van der Waals surface area contributed by atoms with E-state index < -0.39 is 6.10 Å². The summed E-state index contributed by atoms with van der Waals surface area (Å²) in [5.74, 6) is 0. The van der Waals surface area contributed by atoms with E-state index in [1.807, 2.05) is 37.4 Å². The van der Waals surface area contributed by atoms with Gasteiger partial charge in [-0.25, -0.2) is 0 Å². The van der Waals surface area contributed by atoms with Crippen molar-refractivity contribution in [2.75, 3.05) is 26.8 Å². The van der Waals surface area contributed by atoms with E-state index in [-0.39, 0.29) is 0 Å². The van der Waals surface area contributed by atoms with Gasteiger partial charge in [0.1, 0.15) is 0 Å². The highest BCUT2D eigenvalue weighted by Gasteiger charge is 2.22. The van der Waals surface area contributed by atoms with Crippen molar-refractivity contribution in [1.29, 1.82) is 0 Å². The lowest BCUT2D eigenvalue weighted by Crippen LogP contribution is -2.35. The summed E-state index contributed by atoms with van der Waals surface area (Å²) in [7, 11) is 2.05. The van der Waals surface area contributed by atoms with Gasteiger partial charge in [-0.15, -0.1) is 0 Å². The fraction of sp³-hybridized carbons (Fsp3) is 0.538. The summed E-state index contributed by atoms with van der Waals surface area (Å²) in [5, 5.41) is 10.1. The maximum absolute atomic E-state index is 10.1. The normalized spacial score (nSPS) is 22.6. The Morgan fingerprint density at radius 2 is 2.19 bits per heavy atom. The summed E-state index contributed by atoms with van der Waals surface area (Å²) in [5.41, 5.74) is 0.980. The maximum Gasteiger partial charge on any atom is 0.0916 e. The Morgan fingerprint density at radius 1 is 1.44 bits per heavy atom. The minimum Gasteiger partial charge on any atom is -0.387 e. The summed E-state index contributed by atoms with van der Waals surface area (Å²) < 4.78 is 5.34. The standard InChI is InChI=1S/C13H19NO2/c1-14(12-7-8-16-10-12)9-13(15)11-5-3-2-4-6-11/h2-6,12-13,15H,7-10H2,1H3. The molecular formula is C13H19NO2. The van der Waals surface area contributed by atoms with Crippen LogP contribution in [0.15, 0.2) is 30.3 Å². The first-order valence-electron chi connectivity index (χ1n) is 5.78. The molecule has 1 saturated heterocycles. The Morgan fingerprint density at radius 3 is 2.81 bits per heavy atom. The lowest BCUT2D eigenvalue weighted by Gasteiger charge is -2.25. The molecule has 1 aliphatic rings. The summed E-state index contributed by atoms with van der Waals surface area (Å²) in [6, 6.07) is 10.3. The van der Waals surface area contributed by atoms with Crippen LogP contribution in [0.25, 0.3) is 0 Å². The first-order valence-corrected chi connectivity index (χ1v) is 5.78. The Hall–Kier alpha value is -0.900. The van der Waals surface area contributed by atoms with Crippen LogP contribution >= 0.6 is 0 Å². The van der Waals surface area contributed by atoms with Crippen molar-refractivity contribution in [2.45, 2.75) is 18.6 Å². The van der Waals surface area contributed by atoms with Gasteiger partial charge >= 0.3 is 0 Å². The highest BCUT2D eigenvalue weighted by Crippen LogP contribution is 2.17. The third kappa shape index (κ3) is 2.82. The average molecular weight is 221 g/mol. The molecule has 1 aromatic rings. The zero-order valence-corrected chi connectivity index (χ0v) is 9.67. The number of aliphatic hydroxyl groups excluding tert-OH is 1. The van der Waals surface area contributed by atoms with Gasteiger partial charge in [0.05, 0.1) is 12.7 Å². The number of hydrogen-bond donors (Lipinski definition) is 1. The zero-order valence-electron chi connectivity index (χ0n) is 9.67. The van der Waals surface area contributed by atoms with E-state index >= 15 is 0 Å². The van der Waals surface area contributed by atoms with E-state index in [0.717, 1.165) is 25.2 Å². The van der Waals surface area contributed by atoms with Crippen molar-refractivity contribution in [3.63, 3.8) is 0 Å². The van der Waals surface area contributed by atoms with Crippen LogP contribution in [-0.2, 0) is 4.74 Å². The third-order valence-electron chi connectivity index (χ3n) is 3.17. The number of aliphatic hydroxyl groups is 1. The first kappa shape index (κ1) is 11.6. The van der Waals surface area contributed by atoms with Crippen LogP contribution < -0.4 is 0 Å². The Labute approximate surface area is 96.6 Å². The number of benzene rings is 1. The molecule has 1 N–H and O–H groups in total. The average Bonchev–Trinajstić information content (AvgIpc) is 2.83. The fourth-order valence-electron chi connectivity index (χ4n) is 2.07. The second-order valence-corrected chi connectivity index (χ2v) is 4.38. The maximum atomic E-state index is 10.1. The van der Waals surface area contributed by atoms with E-state index in [1.165, 1.54) is 0 Å². The van der Waals surface area contributed by atoms with Crippen molar-refractivity contribution in [2.24, 2.45) is 0 Å². The molecule has 3 nitrogen and oxygen atoms in total. The Kier molecular flexibility index (Phi) is 3.93. The molecule has 3 heteroatoms. The molecule has 0 amide bonds. The predicted octanol–water partition coefficient (Wildman–Crippen LogP) is 1.44. The molecule has 2 unspecified atom stereocenters. The smallest absolute Gasteiger partial charge is 0.0916 e. The third-order valence-corrected chi connectivity index (χ3v) is 3.17. The van der Waals surface area contributed by atoms with E-state index in [1.54, 1.807) is 0 Å². The summed E-state index contributed by atoms with van der Waals surface area (Å²) in [6.07, 6.45) is 0.657. The number of hydrogen-bond acceptors (Lipinski definition) is 3. The van der Waals surface area contributed by atoms with Crippen LogP contribution in [-0.4, -0.2) is 42.9 Å². The number of ether oxygens (including phenoxy) is 1. The van der Waals surface area contributed by atoms with Crippen LogP contribution in [0.4, 0.5) is 0 Å². The zero-order chi connectivity index (χ0) is 11.4. The molecule has 1 fully saturated rings. The minimum absolute atomic E-state index is 0.410. The van der Waals surface area contributed by atoms with Crippen LogP contribution in [0.3, 0.4) is 0 Å². The van der Waals surface area contributed by atoms with Gasteiger partial charge in [0.2, 0.25) is 0 Å². The SMILES string of the molecule is CN(CC(O)c1ccccc1)C1CCOC1. The molecule has 1 aliphatic heterocycles. The molecule has 0 saturated carbocycles. The van der Waals surface area contributed by atoms with Gasteiger partial charge in [-0.05, 0) is 19.0 Å². The number of nitrogens with zero attached hydrogens (tertiary/aromatic N) is 1. The van der Waals surface area contributed by atoms with Gasteiger partial charge in [-0.2, -0.15) is 0 Å². The molecule has 1 heterocycles. The lowest BCUT2D eigenvalue weighted by atomic mass is 10.1. The highest BCUT2D eigenvalue weighted by molar-refractivity contribution is 5.17. The van der Waals surface area contributed by atoms with E-state index in [0.29, 0.717) is 12.6 Å². The van der Waals surface area contributed by atoms with Gasteiger partial charge in [0.25, 0.3) is 0 Å². The molecule has 16 heavy (non-hydrogen) atoms. The quantitative estimate of drug-likeness (QED) is 0.835. The second kappa shape index (κ2) is 5.43. The van der Waals surface area contributed by atoms with E-state index in [4.69, 9.17) is 4.74 Å². The van der Waals surface area contributed by atoms with Crippen LogP contribution in [0.1, 0.15) is 18.1 Å². The summed E-state index contributed by atoms with van der Waals surface area (Å²) >= 11 is 0. The minimum atomic E-state index is -0.410. The Balaban J connectivity index is 1.89. The van der Waals surface area contributed by atoms with Crippen molar-refractivity contribution < 1.29 is 9.84 Å². The van der Waals surface area contributed by atoms with Gasteiger partial charge in [-0.3, -0.25) is 4.90 Å². The number of rotatable bonds is 4. The molecule has 2 rings (SSSR count). The van der Waals surface area contributed by atoms with Crippen molar-refractivity contribution >= 4 is 0 Å². The van der Waals surface area contributed by atoms with Crippen molar-refractivity contribution in [1.82, 2.24) is 4.90 Å². The number of likely N-dealkylation sites (N-methyl/N-ethyl adjacent to an activating group) is 1. The van der Waals surface area contributed by atoms with Gasteiger partial charge in [-0.1, -0.05) is 30.3 Å². The molecule has 0 spiro atoms. The van der Waals surface area contributed by atoms with E-state index in [2.05, 4.69) is 4.90 Å². The Bertz CT molecular complexity index is 309. The second-order valence-electron chi connectivity index (χ2n) is 4.38. The molecule has 0 bridgehead atoms. The van der Waals surface area contributed by atoms with Gasteiger partial charge in [0, 0.05) is 19.2 Å². The van der Waals surface area contributed by atoms with Gasteiger partial charge < -0.3 is 9.84 Å². The molecule has 0 aromatic heterocycles. The van der Waals surface area contributed by atoms with Gasteiger partial charge in [0.15, 0.2) is 0 Å². The van der Waals surface area contributed by atoms with Crippen LogP contribution in [0.2, 0.25) is 0 Å². The van der Waals surface area contributed by atoms with Crippen molar-refractivity contribution in [3.8, 4) is 0 Å². The molecule has 2 atom stereocenters. The first-order chi connectivity index (χ1) is 7.77. The van der Waals surface area contributed by atoms with E-state index in [9.17, 15) is 5.11 Å². The largest absolute Gasteiger partial charge is 0.387 e. The topological polar surface area (TPSA) is 32.7 Å². The summed E-state index contributed by atoms with van der Waals surface area (Å²) in [4.78, 5) is 2.19. The molecular weight excluding hydrogens is 202 g/mol. The van der Waals surface area contributed by atoms with Crippen LogP contribution in [0.5, 0.6) is 0 Å². The molecule has 1 aromatic carbocycles. The fourth-order valence-corrected chi connectivity index (χ4v) is 2.07. The predicted molar refractivity (Wildman–Crippen MR) is 63.3 cm³/mol. The summed E-state index contributed by atoms with van der Waals surface area (Å²) in [6.45, 7) is 2.30. The highest BCUT2D eigenvalue weighted by atomic mass is 16.5. The lowest BCUT2D eigenvalue weighted by molar-refractivity contribution is 0.0950.